The molecule has 1 N–H and O–H groups in total. The van der Waals surface area contributed by atoms with Gasteiger partial charge in [-0.1, -0.05) is 48.5 Å². The Bertz CT molecular complexity index is 1730. The molecule has 8 heteroatoms. The Morgan fingerprint density at radius 3 is 2.34 bits per heavy atom. The van der Waals surface area contributed by atoms with Crippen LogP contribution in [0, 0.1) is 0 Å². The smallest absolute Gasteiger partial charge is 0.253 e. The van der Waals surface area contributed by atoms with Crippen molar-refractivity contribution in [3.05, 3.63) is 108 Å². The molecule has 2 heterocycles. The Labute approximate surface area is 222 Å². The van der Waals surface area contributed by atoms with Crippen molar-refractivity contribution in [2.24, 2.45) is 0 Å². The van der Waals surface area contributed by atoms with Crippen LogP contribution < -0.4 is 5.32 Å². The molecule has 2 aromatic heterocycles. The van der Waals surface area contributed by atoms with E-state index in [1.807, 2.05) is 60.8 Å². The summed E-state index contributed by atoms with van der Waals surface area (Å²) < 4.78 is 26.2. The van der Waals surface area contributed by atoms with Crippen LogP contribution in [0.1, 0.15) is 15.9 Å². The van der Waals surface area contributed by atoms with Gasteiger partial charge in [-0.3, -0.25) is 4.79 Å². The average Bonchev–Trinajstić information content (AvgIpc) is 3.26. The van der Waals surface area contributed by atoms with Crippen LogP contribution in [0.3, 0.4) is 0 Å². The molecule has 0 aliphatic heterocycles. The standard InChI is InChI=1S/C30H28N4O3S/c1-33(2)30(35)23-14-12-22(13-15-23)27-16-24-19-31-29(32-25-10-7-11-26(17-25)38(3,36)37)18-28(24)34(27)20-21-8-5-4-6-9-21/h4-19H,20H2,1-3H3,(H,31,32). The van der Waals surface area contributed by atoms with Crippen LogP contribution in [0.15, 0.2) is 102 Å². The number of fused-ring (bicyclic) bond motifs is 1. The minimum atomic E-state index is -3.32. The average molecular weight is 525 g/mol. The highest BCUT2D eigenvalue weighted by atomic mass is 32.2. The van der Waals surface area contributed by atoms with E-state index in [0.29, 0.717) is 23.6 Å². The number of nitrogens with zero attached hydrogens (tertiary/aromatic N) is 3. The first-order valence-corrected chi connectivity index (χ1v) is 14.0. The minimum Gasteiger partial charge on any atom is -0.345 e. The summed E-state index contributed by atoms with van der Waals surface area (Å²) in [5, 5.41) is 4.22. The van der Waals surface area contributed by atoms with Crippen LogP contribution in [-0.2, 0) is 16.4 Å². The molecule has 7 nitrogen and oxygen atoms in total. The van der Waals surface area contributed by atoms with Crippen molar-refractivity contribution in [2.45, 2.75) is 11.4 Å². The van der Waals surface area contributed by atoms with Crippen LogP contribution in [0.25, 0.3) is 22.2 Å². The summed E-state index contributed by atoms with van der Waals surface area (Å²) in [7, 11) is 0.158. The maximum Gasteiger partial charge on any atom is 0.253 e. The molecule has 0 spiro atoms. The van der Waals surface area contributed by atoms with Gasteiger partial charge in [0.05, 0.1) is 10.4 Å². The molecule has 0 saturated heterocycles. The second-order valence-corrected chi connectivity index (χ2v) is 11.4. The molecule has 1 amide bonds. The highest BCUT2D eigenvalue weighted by molar-refractivity contribution is 7.90. The predicted molar refractivity (Wildman–Crippen MR) is 152 cm³/mol. The van der Waals surface area contributed by atoms with E-state index in [-0.39, 0.29) is 10.8 Å². The van der Waals surface area contributed by atoms with Gasteiger partial charge in [0.25, 0.3) is 5.91 Å². The summed E-state index contributed by atoms with van der Waals surface area (Å²) in [6.07, 6.45) is 3.00. The summed E-state index contributed by atoms with van der Waals surface area (Å²) in [5.74, 6) is 0.565. The van der Waals surface area contributed by atoms with Crippen LogP contribution in [-0.4, -0.2) is 49.1 Å². The molecule has 0 fully saturated rings. The molecule has 5 aromatic rings. The number of carbonyl (C=O) groups excluding carboxylic acids is 1. The number of rotatable bonds is 7. The van der Waals surface area contributed by atoms with Gasteiger partial charge in [-0.05, 0) is 47.5 Å². The van der Waals surface area contributed by atoms with Crippen molar-refractivity contribution >= 4 is 38.2 Å². The zero-order valence-corrected chi connectivity index (χ0v) is 22.2. The lowest BCUT2D eigenvalue weighted by Crippen LogP contribution is -2.21. The zero-order chi connectivity index (χ0) is 26.9. The summed E-state index contributed by atoms with van der Waals surface area (Å²) >= 11 is 0. The van der Waals surface area contributed by atoms with E-state index in [2.05, 4.69) is 33.1 Å². The Morgan fingerprint density at radius 2 is 1.66 bits per heavy atom. The normalized spacial score (nSPS) is 11.4. The molecule has 38 heavy (non-hydrogen) atoms. The number of nitrogens with one attached hydrogen (secondary N) is 1. The van der Waals surface area contributed by atoms with Gasteiger partial charge < -0.3 is 14.8 Å². The quantitative estimate of drug-likeness (QED) is 0.300. The zero-order valence-electron chi connectivity index (χ0n) is 21.4. The number of anilines is 2. The van der Waals surface area contributed by atoms with E-state index in [0.717, 1.165) is 27.7 Å². The van der Waals surface area contributed by atoms with Gasteiger partial charge in [-0.25, -0.2) is 13.4 Å². The molecular formula is C30H28N4O3S. The molecule has 0 atom stereocenters. The van der Waals surface area contributed by atoms with Crippen molar-refractivity contribution in [3.63, 3.8) is 0 Å². The maximum atomic E-state index is 12.4. The van der Waals surface area contributed by atoms with Gasteiger partial charge in [0.1, 0.15) is 5.82 Å². The first-order valence-electron chi connectivity index (χ1n) is 12.1. The largest absolute Gasteiger partial charge is 0.345 e. The van der Waals surface area contributed by atoms with Gasteiger partial charge in [0.2, 0.25) is 0 Å². The van der Waals surface area contributed by atoms with Crippen LogP contribution >= 0.6 is 0 Å². The SMILES string of the molecule is CN(C)C(=O)c1ccc(-c2cc3cnc(Nc4cccc(S(C)(=O)=O)c4)cc3n2Cc2ccccc2)cc1. The van der Waals surface area contributed by atoms with Crippen molar-refractivity contribution < 1.29 is 13.2 Å². The first-order chi connectivity index (χ1) is 18.2. The van der Waals surface area contributed by atoms with Crippen LogP contribution in [0.4, 0.5) is 11.5 Å². The van der Waals surface area contributed by atoms with Crippen molar-refractivity contribution in [2.75, 3.05) is 25.7 Å². The number of hydrogen-bond donors (Lipinski definition) is 1. The highest BCUT2D eigenvalue weighted by Crippen LogP contribution is 2.31. The number of benzene rings is 3. The van der Waals surface area contributed by atoms with Crippen molar-refractivity contribution in [3.8, 4) is 11.3 Å². The lowest BCUT2D eigenvalue weighted by molar-refractivity contribution is 0.0827. The number of sulfone groups is 1. The lowest BCUT2D eigenvalue weighted by Gasteiger charge is -2.14. The fourth-order valence-corrected chi connectivity index (χ4v) is 5.06. The second kappa shape index (κ2) is 10.1. The molecular weight excluding hydrogens is 496 g/mol. The van der Waals surface area contributed by atoms with Crippen LogP contribution in [0.2, 0.25) is 0 Å². The Kier molecular flexibility index (Phi) is 6.73. The molecule has 5 rings (SSSR count). The third-order valence-corrected chi connectivity index (χ3v) is 7.45. The number of carbonyl (C=O) groups is 1. The van der Waals surface area contributed by atoms with Gasteiger partial charge in [-0.2, -0.15) is 0 Å². The third kappa shape index (κ3) is 5.31. The van der Waals surface area contributed by atoms with Crippen molar-refractivity contribution in [1.82, 2.24) is 14.5 Å². The molecule has 3 aromatic carbocycles. The van der Waals surface area contributed by atoms with E-state index in [4.69, 9.17) is 0 Å². The van der Waals surface area contributed by atoms with E-state index in [1.54, 1.807) is 37.2 Å². The van der Waals surface area contributed by atoms with E-state index in [9.17, 15) is 13.2 Å². The number of pyridine rings is 1. The fraction of sp³-hybridized carbons (Fsp3) is 0.133. The Hall–Kier alpha value is -4.43. The summed E-state index contributed by atoms with van der Waals surface area (Å²) in [4.78, 5) is 18.8. The first kappa shape index (κ1) is 25.2. The van der Waals surface area contributed by atoms with Gasteiger partial charge in [0.15, 0.2) is 9.84 Å². The summed E-state index contributed by atoms with van der Waals surface area (Å²) in [6.45, 7) is 0.644. The van der Waals surface area contributed by atoms with Gasteiger partial charge in [0, 0.05) is 61.5 Å². The molecule has 0 radical (unpaired) electrons. The topological polar surface area (TPSA) is 84.3 Å². The molecule has 192 valence electrons. The number of aromatic nitrogens is 2. The Morgan fingerprint density at radius 1 is 0.921 bits per heavy atom. The molecule has 0 unspecified atom stereocenters. The second-order valence-electron chi connectivity index (χ2n) is 9.43. The lowest BCUT2D eigenvalue weighted by atomic mass is 10.1. The molecule has 0 saturated carbocycles. The Balaban J connectivity index is 1.57. The van der Waals surface area contributed by atoms with E-state index in [1.165, 1.54) is 6.26 Å². The molecule has 0 aliphatic carbocycles. The maximum absolute atomic E-state index is 12.4. The monoisotopic (exact) mass is 524 g/mol. The van der Waals surface area contributed by atoms with E-state index >= 15 is 0 Å². The van der Waals surface area contributed by atoms with Crippen molar-refractivity contribution in [1.29, 1.82) is 0 Å². The summed E-state index contributed by atoms with van der Waals surface area (Å²) in [5.41, 5.74) is 5.40. The number of hydrogen-bond acceptors (Lipinski definition) is 5. The molecule has 0 bridgehead atoms. The summed E-state index contributed by atoms with van der Waals surface area (Å²) in [6, 6.07) is 28.6. The minimum absolute atomic E-state index is 0.0405. The third-order valence-electron chi connectivity index (χ3n) is 6.34. The van der Waals surface area contributed by atoms with Gasteiger partial charge in [-0.15, -0.1) is 0 Å². The van der Waals surface area contributed by atoms with E-state index < -0.39 is 9.84 Å². The molecule has 0 aliphatic rings. The van der Waals surface area contributed by atoms with Gasteiger partial charge >= 0.3 is 0 Å². The van der Waals surface area contributed by atoms with Crippen LogP contribution in [0.5, 0.6) is 0 Å². The fourth-order valence-electron chi connectivity index (χ4n) is 4.39. The highest BCUT2D eigenvalue weighted by Gasteiger charge is 2.15. The predicted octanol–water partition coefficient (Wildman–Crippen LogP) is 5.60. The number of amides is 1.